The van der Waals surface area contributed by atoms with Gasteiger partial charge in [-0.15, -0.1) is 0 Å². The van der Waals surface area contributed by atoms with Crippen molar-refractivity contribution in [3.63, 3.8) is 0 Å². The third kappa shape index (κ3) is 3.65. The fourth-order valence-electron chi connectivity index (χ4n) is 3.15. The zero-order valence-corrected chi connectivity index (χ0v) is 11.2. The van der Waals surface area contributed by atoms with Gasteiger partial charge < -0.3 is 16.0 Å². The van der Waals surface area contributed by atoms with Crippen LogP contribution in [0.2, 0.25) is 0 Å². The third-order valence-corrected chi connectivity index (χ3v) is 4.42. The number of likely N-dealkylation sites (tertiary alicyclic amines) is 1. The summed E-state index contributed by atoms with van der Waals surface area (Å²) in [6.07, 6.45) is 5.49. The van der Waals surface area contributed by atoms with Crippen molar-refractivity contribution in [3.05, 3.63) is 0 Å². The maximum atomic E-state index is 5.84. The highest BCUT2D eigenvalue weighted by atomic mass is 15.2. The maximum absolute atomic E-state index is 5.84. The summed E-state index contributed by atoms with van der Waals surface area (Å²) in [5.41, 5.74) is 5.84. The predicted molar refractivity (Wildman–Crippen MR) is 72.2 cm³/mol. The Bertz CT molecular complexity index is 221. The van der Waals surface area contributed by atoms with Crippen LogP contribution in [0.3, 0.4) is 0 Å². The van der Waals surface area contributed by atoms with Crippen LogP contribution in [0.5, 0.6) is 0 Å². The highest BCUT2D eigenvalue weighted by Crippen LogP contribution is 2.18. The summed E-state index contributed by atoms with van der Waals surface area (Å²) in [4.78, 5) is 5.13. The summed E-state index contributed by atoms with van der Waals surface area (Å²) in [7, 11) is 2.28. The van der Waals surface area contributed by atoms with Crippen LogP contribution in [-0.2, 0) is 0 Å². The molecule has 0 spiro atoms. The van der Waals surface area contributed by atoms with Gasteiger partial charge in [0.05, 0.1) is 0 Å². The second-order valence-corrected chi connectivity index (χ2v) is 5.55. The van der Waals surface area contributed by atoms with Crippen LogP contribution in [0.25, 0.3) is 0 Å². The fourth-order valence-corrected chi connectivity index (χ4v) is 3.15. The topological polar surface area (TPSA) is 44.5 Å². The summed E-state index contributed by atoms with van der Waals surface area (Å²) in [6.45, 7) is 6.64. The molecular formula is C13H28N4. The molecule has 17 heavy (non-hydrogen) atoms. The molecule has 2 saturated heterocycles. The molecule has 0 saturated carbocycles. The average molecular weight is 240 g/mol. The van der Waals surface area contributed by atoms with Crippen LogP contribution in [0.4, 0.5) is 0 Å². The average Bonchev–Trinajstić information content (AvgIpc) is 2.38. The molecule has 4 heteroatoms. The number of nitrogens with one attached hydrogen (secondary N) is 1. The first-order valence-corrected chi connectivity index (χ1v) is 7.16. The monoisotopic (exact) mass is 240 g/mol. The number of nitrogens with zero attached hydrogens (tertiary/aromatic N) is 2. The highest BCUT2D eigenvalue weighted by Gasteiger charge is 2.23. The van der Waals surface area contributed by atoms with Crippen molar-refractivity contribution in [2.24, 2.45) is 5.73 Å². The predicted octanol–water partition coefficient (Wildman–Crippen LogP) is 0.0933. The Kier molecular flexibility index (Phi) is 5.22. The molecule has 0 aromatic rings. The first kappa shape index (κ1) is 13.3. The van der Waals surface area contributed by atoms with E-state index in [9.17, 15) is 0 Å². The zero-order valence-electron chi connectivity index (χ0n) is 11.2. The standard InChI is InChI=1S/C13H28N4/c1-16-7-3-2-4-12(16)5-8-17-9-6-15-11-13(17)10-14/h12-13,15H,2-11,14H2,1H3. The van der Waals surface area contributed by atoms with Gasteiger partial charge in [-0.25, -0.2) is 0 Å². The summed E-state index contributed by atoms with van der Waals surface area (Å²) in [6, 6.07) is 1.36. The van der Waals surface area contributed by atoms with Crippen LogP contribution in [0.1, 0.15) is 25.7 Å². The lowest BCUT2D eigenvalue weighted by molar-refractivity contribution is 0.122. The Labute approximate surface area is 106 Å². The number of nitrogens with two attached hydrogens (primary N) is 1. The molecule has 100 valence electrons. The SMILES string of the molecule is CN1CCCCC1CCN1CCNCC1CN. The van der Waals surface area contributed by atoms with Crippen LogP contribution < -0.4 is 11.1 Å². The Hall–Kier alpha value is -0.160. The van der Waals surface area contributed by atoms with Gasteiger partial charge in [-0.2, -0.15) is 0 Å². The van der Waals surface area contributed by atoms with E-state index in [0.29, 0.717) is 6.04 Å². The quantitative estimate of drug-likeness (QED) is 0.731. The number of piperidine rings is 1. The van der Waals surface area contributed by atoms with Gasteiger partial charge in [0, 0.05) is 44.8 Å². The Morgan fingerprint density at radius 1 is 1.24 bits per heavy atom. The van der Waals surface area contributed by atoms with Crippen molar-refractivity contribution in [1.29, 1.82) is 0 Å². The van der Waals surface area contributed by atoms with E-state index < -0.39 is 0 Å². The number of hydrogen-bond donors (Lipinski definition) is 2. The first-order chi connectivity index (χ1) is 8.31. The molecule has 2 rings (SSSR count). The van der Waals surface area contributed by atoms with Gasteiger partial charge in [0.15, 0.2) is 0 Å². The van der Waals surface area contributed by atoms with E-state index in [4.69, 9.17) is 5.73 Å². The lowest BCUT2D eigenvalue weighted by atomic mass is 9.99. The van der Waals surface area contributed by atoms with Crippen molar-refractivity contribution >= 4 is 0 Å². The van der Waals surface area contributed by atoms with Crippen LogP contribution in [0, 0.1) is 0 Å². The Morgan fingerprint density at radius 3 is 2.88 bits per heavy atom. The molecule has 2 heterocycles. The largest absolute Gasteiger partial charge is 0.329 e. The molecule has 2 aliphatic heterocycles. The second-order valence-electron chi connectivity index (χ2n) is 5.55. The maximum Gasteiger partial charge on any atom is 0.0343 e. The minimum Gasteiger partial charge on any atom is -0.329 e. The number of piperazine rings is 1. The van der Waals surface area contributed by atoms with Crippen molar-refractivity contribution in [3.8, 4) is 0 Å². The molecule has 0 aliphatic carbocycles. The van der Waals surface area contributed by atoms with E-state index >= 15 is 0 Å². The van der Waals surface area contributed by atoms with E-state index in [1.54, 1.807) is 0 Å². The molecule has 2 atom stereocenters. The summed E-state index contributed by atoms with van der Waals surface area (Å²) in [5.74, 6) is 0. The van der Waals surface area contributed by atoms with Gasteiger partial charge in [0.25, 0.3) is 0 Å². The lowest BCUT2D eigenvalue weighted by Crippen LogP contribution is -2.55. The zero-order chi connectivity index (χ0) is 12.1. The number of hydrogen-bond acceptors (Lipinski definition) is 4. The first-order valence-electron chi connectivity index (χ1n) is 7.16. The minimum absolute atomic E-state index is 0.553. The molecule has 3 N–H and O–H groups in total. The van der Waals surface area contributed by atoms with Crippen LogP contribution >= 0.6 is 0 Å². The van der Waals surface area contributed by atoms with E-state index in [1.807, 2.05) is 0 Å². The normalized spacial score (nSPS) is 32.8. The van der Waals surface area contributed by atoms with Gasteiger partial charge in [-0.1, -0.05) is 6.42 Å². The van der Waals surface area contributed by atoms with E-state index in [0.717, 1.165) is 32.2 Å². The second kappa shape index (κ2) is 6.69. The molecule has 2 fully saturated rings. The Morgan fingerprint density at radius 2 is 2.12 bits per heavy atom. The summed E-state index contributed by atoms with van der Waals surface area (Å²) in [5, 5.41) is 3.43. The molecule has 0 aromatic heterocycles. The van der Waals surface area contributed by atoms with Crippen molar-refractivity contribution in [2.75, 3.05) is 46.3 Å². The Balaban J connectivity index is 1.75. The van der Waals surface area contributed by atoms with Crippen molar-refractivity contribution in [2.45, 2.75) is 37.8 Å². The smallest absolute Gasteiger partial charge is 0.0343 e. The fraction of sp³-hybridized carbons (Fsp3) is 1.00. The van der Waals surface area contributed by atoms with Gasteiger partial charge >= 0.3 is 0 Å². The van der Waals surface area contributed by atoms with E-state index in [2.05, 4.69) is 22.2 Å². The van der Waals surface area contributed by atoms with Crippen molar-refractivity contribution in [1.82, 2.24) is 15.1 Å². The third-order valence-electron chi connectivity index (χ3n) is 4.42. The van der Waals surface area contributed by atoms with Gasteiger partial charge in [0.2, 0.25) is 0 Å². The molecule has 4 nitrogen and oxygen atoms in total. The van der Waals surface area contributed by atoms with Crippen LogP contribution in [0.15, 0.2) is 0 Å². The van der Waals surface area contributed by atoms with E-state index in [1.165, 1.54) is 38.8 Å². The highest BCUT2D eigenvalue weighted by molar-refractivity contribution is 4.82. The molecule has 2 aliphatic rings. The molecule has 0 radical (unpaired) electrons. The lowest BCUT2D eigenvalue weighted by Gasteiger charge is -2.38. The summed E-state index contributed by atoms with van der Waals surface area (Å²) < 4.78 is 0. The summed E-state index contributed by atoms with van der Waals surface area (Å²) >= 11 is 0. The van der Waals surface area contributed by atoms with Crippen molar-refractivity contribution < 1.29 is 0 Å². The van der Waals surface area contributed by atoms with Gasteiger partial charge in [-0.3, -0.25) is 4.90 Å². The minimum atomic E-state index is 0.553. The molecule has 2 unspecified atom stereocenters. The van der Waals surface area contributed by atoms with Crippen LogP contribution in [-0.4, -0.2) is 68.2 Å². The number of rotatable bonds is 4. The molecular weight excluding hydrogens is 212 g/mol. The molecule has 0 amide bonds. The molecule has 0 bridgehead atoms. The molecule has 0 aromatic carbocycles. The van der Waals surface area contributed by atoms with E-state index in [-0.39, 0.29) is 0 Å². The van der Waals surface area contributed by atoms with Gasteiger partial charge in [0.1, 0.15) is 0 Å². The van der Waals surface area contributed by atoms with Gasteiger partial charge in [-0.05, 0) is 32.9 Å².